The van der Waals surface area contributed by atoms with Gasteiger partial charge in [-0.15, -0.1) is 0 Å². The van der Waals surface area contributed by atoms with Crippen LogP contribution in [0.2, 0.25) is 0 Å². The normalized spacial score (nSPS) is 23.3. The van der Waals surface area contributed by atoms with Crippen LogP contribution in [0.25, 0.3) is 5.52 Å². The van der Waals surface area contributed by atoms with E-state index < -0.39 is 45.9 Å². The molecule has 0 spiro atoms. The second kappa shape index (κ2) is 9.97. The maximum atomic E-state index is 14.2. The first-order valence-corrected chi connectivity index (χ1v) is 13.8. The fraction of sp³-hybridized carbons (Fsp3) is 0.458. The first kappa shape index (κ1) is 25.5. The number of hydrogen-bond donors (Lipinski definition) is 2. The van der Waals surface area contributed by atoms with Crippen LogP contribution < -0.4 is 10.1 Å². The van der Waals surface area contributed by atoms with Crippen LogP contribution in [0.1, 0.15) is 29.8 Å². The topological polar surface area (TPSA) is 137 Å². The van der Waals surface area contributed by atoms with E-state index in [-0.39, 0.29) is 36.0 Å². The Bertz CT molecular complexity index is 1460. The van der Waals surface area contributed by atoms with Crippen LogP contribution in [0.5, 0.6) is 5.75 Å². The van der Waals surface area contributed by atoms with E-state index in [1.165, 1.54) is 35.2 Å². The predicted octanol–water partition coefficient (Wildman–Crippen LogP) is 2.47. The smallest absolute Gasteiger partial charge is 0.287 e. The lowest BCUT2D eigenvalue weighted by atomic mass is 10.1. The number of rotatable bonds is 7. The highest BCUT2D eigenvalue weighted by Crippen LogP contribution is 2.35. The number of aromatic nitrogens is 3. The van der Waals surface area contributed by atoms with Gasteiger partial charge in [0.1, 0.15) is 41.7 Å². The first-order valence-electron chi connectivity index (χ1n) is 12.0. The summed E-state index contributed by atoms with van der Waals surface area (Å²) >= 11 is 0. The summed E-state index contributed by atoms with van der Waals surface area (Å²) in [6.45, 7) is 5.54. The third kappa shape index (κ3) is 4.79. The minimum absolute atomic E-state index is 0.147. The van der Waals surface area contributed by atoms with Crippen molar-refractivity contribution in [3.8, 4) is 5.75 Å². The number of nitrogens with one attached hydrogen (secondary N) is 1. The Morgan fingerprint density at radius 1 is 1.30 bits per heavy atom. The molecule has 2 aliphatic heterocycles. The van der Waals surface area contributed by atoms with Crippen molar-refractivity contribution in [2.24, 2.45) is 4.36 Å². The van der Waals surface area contributed by atoms with Gasteiger partial charge in [-0.05, 0) is 24.6 Å². The molecule has 1 aromatic carbocycles. The molecule has 4 atom stereocenters. The molecule has 2 fully saturated rings. The SMILES string of the molecule is CCS(=O)(CC)=NC(=O)c1cn2ncnc(Nc3ccc(F)cc3O[C@@H]3CO[C@H]4[C@@H]3OC[C@H]4O)c2c1C. The summed E-state index contributed by atoms with van der Waals surface area (Å²) in [5.41, 5.74) is 1.74. The summed E-state index contributed by atoms with van der Waals surface area (Å²) in [5, 5.41) is 17.3. The van der Waals surface area contributed by atoms with Crippen molar-refractivity contribution in [2.45, 2.75) is 45.2 Å². The lowest BCUT2D eigenvalue weighted by Crippen LogP contribution is -2.34. The van der Waals surface area contributed by atoms with Crippen molar-refractivity contribution in [2.75, 3.05) is 30.0 Å². The molecule has 198 valence electrons. The maximum absolute atomic E-state index is 14.2. The van der Waals surface area contributed by atoms with Crippen LogP contribution in [-0.2, 0) is 19.2 Å². The standard InChI is InChI=1S/C24H28FN5O6S/c1-4-37(33,5-2)29-24(32)15-9-30-20(13(15)3)23(26-12-27-30)28-16-7-6-14(25)8-18(16)36-19-11-35-21-17(31)10-34-22(19)21/h6-9,12,17,19,21-22,31H,4-5,10-11H2,1-3H3,(H,26,27,28)/t17-,19-,21-,22-/m1/s1. The number of ether oxygens (including phenoxy) is 3. The van der Waals surface area contributed by atoms with Crippen LogP contribution >= 0.6 is 0 Å². The molecule has 0 radical (unpaired) electrons. The minimum Gasteiger partial charge on any atom is -0.483 e. The number of amides is 1. The molecule has 3 aromatic rings. The number of aliphatic hydroxyl groups excluding tert-OH is 1. The number of carbonyl (C=O) groups excluding carboxylic acids is 1. The molecule has 2 aliphatic rings. The summed E-state index contributed by atoms with van der Waals surface area (Å²) in [7, 11) is -2.63. The molecule has 2 N–H and O–H groups in total. The zero-order chi connectivity index (χ0) is 26.3. The second-order valence-electron chi connectivity index (χ2n) is 8.90. The molecule has 0 unspecified atom stereocenters. The Labute approximate surface area is 213 Å². The second-order valence-corrected chi connectivity index (χ2v) is 11.8. The Morgan fingerprint density at radius 2 is 2.05 bits per heavy atom. The Kier molecular flexibility index (Phi) is 6.88. The van der Waals surface area contributed by atoms with Gasteiger partial charge in [0, 0.05) is 23.8 Å². The van der Waals surface area contributed by atoms with Crippen molar-refractivity contribution >= 4 is 32.7 Å². The highest BCUT2D eigenvalue weighted by atomic mass is 32.2. The molecule has 0 aliphatic carbocycles. The number of hydrogen-bond acceptors (Lipinski definition) is 9. The van der Waals surface area contributed by atoms with Crippen molar-refractivity contribution < 1.29 is 32.7 Å². The number of fused-ring (bicyclic) bond motifs is 2. The molecule has 2 aromatic heterocycles. The van der Waals surface area contributed by atoms with E-state index >= 15 is 0 Å². The van der Waals surface area contributed by atoms with Crippen LogP contribution in [0.4, 0.5) is 15.9 Å². The lowest BCUT2D eigenvalue weighted by Gasteiger charge is -2.20. The van der Waals surface area contributed by atoms with Gasteiger partial charge in [0.25, 0.3) is 5.91 Å². The van der Waals surface area contributed by atoms with Gasteiger partial charge in [-0.3, -0.25) is 4.79 Å². The van der Waals surface area contributed by atoms with Gasteiger partial charge in [0.15, 0.2) is 11.9 Å². The van der Waals surface area contributed by atoms with Crippen molar-refractivity contribution in [1.82, 2.24) is 14.6 Å². The fourth-order valence-corrected chi connectivity index (χ4v) is 5.60. The minimum atomic E-state index is -2.63. The molecule has 4 heterocycles. The molecule has 37 heavy (non-hydrogen) atoms. The third-order valence-corrected chi connectivity index (χ3v) is 8.97. The average Bonchev–Trinajstić information content (AvgIpc) is 3.56. The van der Waals surface area contributed by atoms with Gasteiger partial charge in [-0.25, -0.2) is 18.1 Å². The quantitative estimate of drug-likeness (QED) is 0.469. The van der Waals surface area contributed by atoms with E-state index in [9.17, 15) is 18.5 Å². The number of nitrogens with zero attached hydrogens (tertiary/aromatic N) is 4. The van der Waals surface area contributed by atoms with Gasteiger partial charge in [-0.1, -0.05) is 13.8 Å². The molecular weight excluding hydrogens is 505 g/mol. The number of aliphatic hydroxyl groups is 1. The van der Waals surface area contributed by atoms with E-state index in [1.54, 1.807) is 20.8 Å². The summed E-state index contributed by atoms with van der Waals surface area (Å²) in [6.07, 6.45) is 0.606. The zero-order valence-electron chi connectivity index (χ0n) is 20.6. The monoisotopic (exact) mass is 533 g/mol. The van der Waals surface area contributed by atoms with E-state index in [0.717, 1.165) is 0 Å². The van der Waals surface area contributed by atoms with Gasteiger partial charge < -0.3 is 24.6 Å². The molecule has 13 heteroatoms. The van der Waals surface area contributed by atoms with Crippen LogP contribution in [0, 0.1) is 12.7 Å². The largest absolute Gasteiger partial charge is 0.483 e. The zero-order valence-corrected chi connectivity index (χ0v) is 21.4. The summed E-state index contributed by atoms with van der Waals surface area (Å²) in [6, 6.07) is 4.03. The maximum Gasteiger partial charge on any atom is 0.287 e. The van der Waals surface area contributed by atoms with Crippen molar-refractivity contribution in [1.29, 1.82) is 0 Å². The number of carbonyl (C=O) groups is 1. The van der Waals surface area contributed by atoms with Crippen molar-refractivity contribution in [3.63, 3.8) is 0 Å². The first-order chi connectivity index (χ1) is 17.7. The highest BCUT2D eigenvalue weighted by Gasteiger charge is 2.48. The molecular formula is C24H28FN5O6S. The Morgan fingerprint density at radius 3 is 2.81 bits per heavy atom. The summed E-state index contributed by atoms with van der Waals surface area (Å²) < 4.78 is 49.7. The third-order valence-electron chi connectivity index (χ3n) is 6.67. The molecule has 5 rings (SSSR count). The number of aryl methyl sites for hydroxylation is 1. The number of anilines is 2. The fourth-order valence-electron chi connectivity index (χ4n) is 4.53. The van der Waals surface area contributed by atoms with E-state index in [4.69, 9.17) is 14.2 Å². The predicted molar refractivity (Wildman–Crippen MR) is 133 cm³/mol. The molecule has 2 saturated heterocycles. The summed E-state index contributed by atoms with van der Waals surface area (Å²) in [4.78, 5) is 17.2. The Hall–Kier alpha value is -3.13. The van der Waals surface area contributed by atoms with Gasteiger partial charge >= 0.3 is 0 Å². The van der Waals surface area contributed by atoms with Crippen LogP contribution in [0.3, 0.4) is 0 Å². The van der Waals surface area contributed by atoms with Gasteiger partial charge in [0.2, 0.25) is 0 Å². The Balaban J connectivity index is 1.47. The number of benzene rings is 1. The lowest BCUT2D eigenvalue weighted by molar-refractivity contribution is 0.00871. The molecule has 0 saturated carbocycles. The number of halogens is 1. The summed E-state index contributed by atoms with van der Waals surface area (Å²) in [5.74, 6) is 0.0291. The van der Waals surface area contributed by atoms with E-state index in [1.807, 2.05) is 0 Å². The highest BCUT2D eigenvalue weighted by molar-refractivity contribution is 7.93. The van der Waals surface area contributed by atoms with Crippen molar-refractivity contribution in [3.05, 3.63) is 47.7 Å². The van der Waals surface area contributed by atoms with Crippen LogP contribution in [0.15, 0.2) is 35.1 Å². The van der Waals surface area contributed by atoms with E-state index in [2.05, 4.69) is 19.8 Å². The molecule has 11 nitrogen and oxygen atoms in total. The molecule has 0 bridgehead atoms. The van der Waals surface area contributed by atoms with Crippen LogP contribution in [-0.4, -0.2) is 79.0 Å². The van der Waals surface area contributed by atoms with Gasteiger partial charge in [-0.2, -0.15) is 9.46 Å². The van der Waals surface area contributed by atoms with Gasteiger partial charge in [0.05, 0.1) is 34.2 Å². The van der Waals surface area contributed by atoms with E-state index in [0.29, 0.717) is 22.6 Å². The molecule has 1 amide bonds. The average molecular weight is 534 g/mol.